The normalized spacial score (nSPS) is 18.4. The van der Waals surface area contributed by atoms with Crippen LogP contribution >= 0.6 is 0 Å². The number of amides is 1. The first-order valence-corrected chi connectivity index (χ1v) is 10.1. The van der Waals surface area contributed by atoms with Crippen molar-refractivity contribution in [3.8, 4) is 0 Å². The number of aromatic nitrogens is 2. The van der Waals surface area contributed by atoms with Gasteiger partial charge in [0.15, 0.2) is 0 Å². The molecule has 1 fully saturated rings. The van der Waals surface area contributed by atoms with Crippen LogP contribution in [-0.2, 0) is 11.2 Å². The number of likely N-dealkylation sites (N-methyl/N-ethyl adjacent to an activating group) is 1. The van der Waals surface area contributed by atoms with Gasteiger partial charge < -0.3 is 10.0 Å². The van der Waals surface area contributed by atoms with Gasteiger partial charge in [0.05, 0.1) is 12.2 Å². The summed E-state index contributed by atoms with van der Waals surface area (Å²) in [5.41, 5.74) is 1.68. The van der Waals surface area contributed by atoms with Crippen molar-refractivity contribution in [1.29, 1.82) is 0 Å². The van der Waals surface area contributed by atoms with Gasteiger partial charge in [-0.1, -0.05) is 30.3 Å². The molecule has 7 nitrogen and oxygen atoms in total. The van der Waals surface area contributed by atoms with Crippen LogP contribution in [0.1, 0.15) is 36.3 Å². The van der Waals surface area contributed by atoms with Gasteiger partial charge in [-0.2, -0.15) is 13.2 Å². The van der Waals surface area contributed by atoms with E-state index in [1.165, 1.54) is 5.56 Å². The number of benzene rings is 1. The number of halogens is 3. The van der Waals surface area contributed by atoms with Gasteiger partial charge in [-0.05, 0) is 39.3 Å². The van der Waals surface area contributed by atoms with E-state index in [2.05, 4.69) is 60.0 Å². The summed E-state index contributed by atoms with van der Waals surface area (Å²) >= 11 is 0. The number of likely N-dealkylation sites (tertiary alicyclic amines) is 1. The minimum Gasteiger partial charge on any atom is -0.475 e. The number of nitrogens with zero attached hydrogens (tertiary/aromatic N) is 4. The summed E-state index contributed by atoms with van der Waals surface area (Å²) in [6, 6.07) is 11.3. The topological polar surface area (TPSA) is 86.6 Å². The number of rotatable bonds is 5. The number of alkyl halides is 3. The fourth-order valence-electron chi connectivity index (χ4n) is 3.61. The van der Waals surface area contributed by atoms with Crippen molar-refractivity contribution >= 4 is 11.9 Å². The Morgan fingerprint density at radius 2 is 1.84 bits per heavy atom. The van der Waals surface area contributed by atoms with Crippen molar-refractivity contribution in [2.75, 3.05) is 13.6 Å². The Bertz CT molecular complexity index is 879. The minimum atomic E-state index is -5.08. The third-order valence-electron chi connectivity index (χ3n) is 5.42. The summed E-state index contributed by atoms with van der Waals surface area (Å²) in [7, 11) is 2.16. The average Bonchev–Trinajstić information content (AvgIpc) is 3.17. The summed E-state index contributed by atoms with van der Waals surface area (Å²) in [5, 5.41) is 7.12. The number of hydrogen-bond acceptors (Lipinski definition) is 5. The first kappa shape index (κ1) is 25.3. The van der Waals surface area contributed by atoms with E-state index in [0.717, 1.165) is 19.4 Å². The molecule has 10 heteroatoms. The second-order valence-electron chi connectivity index (χ2n) is 7.76. The predicted octanol–water partition coefficient (Wildman–Crippen LogP) is 3.28. The molecule has 32 heavy (non-hydrogen) atoms. The first-order valence-electron chi connectivity index (χ1n) is 10.1. The van der Waals surface area contributed by atoms with Gasteiger partial charge in [-0.15, -0.1) is 0 Å². The molecule has 0 bridgehead atoms. The molecule has 0 spiro atoms. The van der Waals surface area contributed by atoms with Crippen molar-refractivity contribution in [1.82, 2.24) is 19.8 Å². The van der Waals surface area contributed by atoms with Crippen LogP contribution in [0, 0.1) is 0 Å². The molecule has 2 aromatic rings. The molecule has 1 N–H and O–H groups in total. The molecule has 0 saturated carbocycles. The summed E-state index contributed by atoms with van der Waals surface area (Å²) in [6.07, 6.45) is 1.49. The fraction of sp³-hybridized carbons (Fsp3) is 0.455. The van der Waals surface area contributed by atoms with Crippen LogP contribution in [0.5, 0.6) is 0 Å². The van der Waals surface area contributed by atoms with E-state index in [9.17, 15) is 18.0 Å². The van der Waals surface area contributed by atoms with Crippen LogP contribution in [0.25, 0.3) is 0 Å². The Hall–Kier alpha value is -3.01. The maximum Gasteiger partial charge on any atom is 0.490 e. The molecule has 3 rings (SSSR count). The molecule has 1 aromatic heterocycles. The Labute approximate surface area is 184 Å². The van der Waals surface area contributed by atoms with Crippen LogP contribution in [0.2, 0.25) is 0 Å². The molecule has 0 radical (unpaired) electrons. The van der Waals surface area contributed by atoms with Crippen molar-refractivity contribution in [2.24, 2.45) is 0 Å². The highest BCUT2D eigenvalue weighted by Crippen LogP contribution is 2.28. The van der Waals surface area contributed by atoms with Crippen LogP contribution in [0.15, 0.2) is 48.9 Å². The summed E-state index contributed by atoms with van der Waals surface area (Å²) < 4.78 is 31.7. The average molecular weight is 452 g/mol. The largest absolute Gasteiger partial charge is 0.490 e. The van der Waals surface area contributed by atoms with Crippen LogP contribution in [0.3, 0.4) is 0 Å². The maximum absolute atomic E-state index is 13.0. The third-order valence-corrected chi connectivity index (χ3v) is 5.42. The number of hydrogen-bond donors (Lipinski definition) is 1. The monoisotopic (exact) mass is 452 g/mol. The first-order chi connectivity index (χ1) is 15.0. The number of aliphatic carboxylic acids is 1. The van der Waals surface area contributed by atoms with Crippen molar-refractivity contribution in [3.05, 3.63) is 60.2 Å². The molecule has 1 saturated heterocycles. The SMILES string of the molecule is CC(C)N(C)[C@@H]1CCN(C(=O)c2cnccn2)[C@H]1Cc1ccccc1.O=C(O)C(F)(F)F. The Balaban J connectivity index is 0.000000451. The Kier molecular flexibility index (Phi) is 8.71. The fourth-order valence-corrected chi connectivity index (χ4v) is 3.61. The van der Waals surface area contributed by atoms with Gasteiger partial charge in [0.1, 0.15) is 5.69 Å². The van der Waals surface area contributed by atoms with Gasteiger partial charge in [0.25, 0.3) is 5.91 Å². The molecular formula is C22H27F3N4O3. The predicted molar refractivity (Wildman–Crippen MR) is 112 cm³/mol. The van der Waals surface area contributed by atoms with Gasteiger partial charge in [0.2, 0.25) is 0 Å². The number of carboxylic acids is 1. The molecular weight excluding hydrogens is 425 g/mol. The molecule has 2 atom stereocenters. The zero-order valence-electron chi connectivity index (χ0n) is 18.2. The Morgan fingerprint density at radius 1 is 1.22 bits per heavy atom. The molecule has 0 aliphatic carbocycles. The Morgan fingerprint density at radius 3 is 2.34 bits per heavy atom. The second kappa shape index (κ2) is 11.0. The lowest BCUT2D eigenvalue weighted by Crippen LogP contribution is -2.48. The molecule has 0 unspecified atom stereocenters. The van der Waals surface area contributed by atoms with E-state index >= 15 is 0 Å². The summed E-state index contributed by atoms with van der Waals surface area (Å²) in [5.74, 6) is -2.78. The number of carboxylic acid groups (broad SMARTS) is 1. The van der Waals surface area contributed by atoms with Crippen molar-refractivity contribution in [3.63, 3.8) is 0 Å². The van der Waals surface area contributed by atoms with Crippen molar-refractivity contribution in [2.45, 2.75) is 51.0 Å². The standard InChI is InChI=1S/C20H26N4O.C2HF3O2/c1-15(2)23(3)18-9-12-24(20(25)17-14-21-10-11-22-17)19(18)13-16-7-5-4-6-8-16;3-2(4,5)1(6)7/h4-8,10-11,14-15,18-19H,9,12-13H2,1-3H3;(H,6,7)/t18-,19+;/m1./s1. The van der Waals surface area contributed by atoms with Gasteiger partial charge in [-0.25, -0.2) is 9.78 Å². The summed E-state index contributed by atoms with van der Waals surface area (Å²) in [6.45, 7) is 5.16. The molecule has 1 amide bonds. The summed E-state index contributed by atoms with van der Waals surface area (Å²) in [4.78, 5) is 34.5. The third kappa shape index (κ3) is 6.74. The zero-order valence-corrected chi connectivity index (χ0v) is 18.2. The van der Waals surface area contributed by atoms with E-state index in [4.69, 9.17) is 9.90 Å². The van der Waals surface area contributed by atoms with Gasteiger partial charge in [-0.3, -0.25) is 14.7 Å². The lowest BCUT2D eigenvalue weighted by molar-refractivity contribution is -0.192. The van der Waals surface area contributed by atoms with Gasteiger partial charge >= 0.3 is 12.1 Å². The van der Waals surface area contributed by atoms with E-state index in [0.29, 0.717) is 17.8 Å². The lowest BCUT2D eigenvalue weighted by atomic mass is 9.98. The molecule has 1 aromatic carbocycles. The molecule has 1 aliphatic rings. The van der Waals surface area contributed by atoms with Crippen LogP contribution in [-0.4, -0.2) is 74.6 Å². The molecule has 1 aliphatic heterocycles. The lowest BCUT2D eigenvalue weighted by Gasteiger charge is -2.35. The highest BCUT2D eigenvalue weighted by molar-refractivity contribution is 5.92. The van der Waals surface area contributed by atoms with Crippen LogP contribution in [0.4, 0.5) is 13.2 Å². The van der Waals surface area contributed by atoms with E-state index in [-0.39, 0.29) is 11.9 Å². The number of carbonyl (C=O) groups is 2. The second-order valence-corrected chi connectivity index (χ2v) is 7.76. The van der Waals surface area contributed by atoms with Crippen LogP contribution < -0.4 is 0 Å². The van der Waals surface area contributed by atoms with Crippen molar-refractivity contribution < 1.29 is 27.9 Å². The molecule has 2 heterocycles. The minimum absolute atomic E-state index is 0.0197. The number of carbonyl (C=O) groups excluding carboxylic acids is 1. The van der Waals surface area contributed by atoms with E-state index in [1.54, 1.807) is 18.6 Å². The van der Waals surface area contributed by atoms with Gasteiger partial charge in [0, 0.05) is 31.0 Å². The quantitative estimate of drug-likeness (QED) is 0.749. The highest BCUT2D eigenvalue weighted by Gasteiger charge is 2.40. The smallest absolute Gasteiger partial charge is 0.475 e. The van der Waals surface area contributed by atoms with E-state index < -0.39 is 12.1 Å². The molecule has 174 valence electrons. The highest BCUT2D eigenvalue weighted by atomic mass is 19.4. The zero-order chi connectivity index (χ0) is 23.9. The maximum atomic E-state index is 13.0. The van der Waals surface area contributed by atoms with E-state index in [1.807, 2.05) is 11.0 Å².